The van der Waals surface area contributed by atoms with Crippen molar-refractivity contribution in [3.05, 3.63) is 52.3 Å². The zero-order valence-electron chi connectivity index (χ0n) is 20.3. The summed E-state index contributed by atoms with van der Waals surface area (Å²) in [5, 5.41) is 4.82. The minimum absolute atomic E-state index is 0.0502. The summed E-state index contributed by atoms with van der Waals surface area (Å²) in [5.41, 5.74) is -1.41. The van der Waals surface area contributed by atoms with Crippen molar-refractivity contribution in [1.29, 1.82) is 0 Å². The van der Waals surface area contributed by atoms with Gasteiger partial charge in [0.2, 0.25) is 0 Å². The maximum absolute atomic E-state index is 13.1. The number of hydrogen-bond donors (Lipinski definition) is 0. The number of piperidine rings is 1. The number of aryl methyl sites for hydroxylation is 1. The van der Waals surface area contributed by atoms with Gasteiger partial charge in [0.1, 0.15) is 6.61 Å². The second kappa shape index (κ2) is 9.52. The van der Waals surface area contributed by atoms with Crippen LogP contribution in [0.1, 0.15) is 66.1 Å². The lowest BCUT2D eigenvalue weighted by atomic mass is 9.88. The van der Waals surface area contributed by atoms with Gasteiger partial charge in [-0.15, -0.1) is 0 Å². The fraction of sp³-hybridized carbons (Fsp3) is 0.600. The number of benzene rings is 1. The highest BCUT2D eigenvalue weighted by Gasteiger charge is 2.40. The molecule has 4 heterocycles. The molecule has 0 radical (unpaired) electrons. The number of halogens is 6. The van der Waals surface area contributed by atoms with Gasteiger partial charge in [0.15, 0.2) is 0 Å². The number of carbonyl (C=O) groups is 1. The summed E-state index contributed by atoms with van der Waals surface area (Å²) in [7, 11) is 2.17. The fourth-order valence-electron chi connectivity index (χ4n) is 5.83. The quantitative estimate of drug-likeness (QED) is 0.471. The Balaban J connectivity index is 1.26. The van der Waals surface area contributed by atoms with Crippen molar-refractivity contribution in [2.24, 2.45) is 0 Å². The van der Waals surface area contributed by atoms with E-state index < -0.39 is 36.2 Å². The maximum Gasteiger partial charge on any atom is 0.416 e. The van der Waals surface area contributed by atoms with Crippen LogP contribution in [0, 0.1) is 0 Å². The average Bonchev–Trinajstić information content (AvgIpc) is 3.20. The normalized spacial score (nSPS) is 24.6. The Morgan fingerprint density at radius 1 is 0.973 bits per heavy atom. The van der Waals surface area contributed by atoms with Crippen molar-refractivity contribution < 1.29 is 35.9 Å². The molecular weight excluding hydrogens is 502 g/mol. The van der Waals surface area contributed by atoms with Crippen LogP contribution in [0.3, 0.4) is 0 Å². The van der Waals surface area contributed by atoms with Crippen molar-refractivity contribution in [1.82, 2.24) is 19.6 Å². The summed E-state index contributed by atoms with van der Waals surface area (Å²) in [6.45, 7) is 0.459. The van der Waals surface area contributed by atoms with Crippen LogP contribution >= 0.6 is 0 Å². The lowest BCUT2D eigenvalue weighted by Gasteiger charge is -2.35. The van der Waals surface area contributed by atoms with E-state index in [1.54, 1.807) is 0 Å². The second-order valence-corrected chi connectivity index (χ2v) is 10.2. The first kappa shape index (κ1) is 25.9. The molecule has 1 aromatic heterocycles. The summed E-state index contributed by atoms with van der Waals surface area (Å²) in [4.78, 5) is 16.6. The molecule has 12 heteroatoms. The minimum atomic E-state index is -4.96. The molecule has 0 N–H and O–H groups in total. The molecule has 0 saturated carbocycles. The van der Waals surface area contributed by atoms with E-state index in [1.807, 2.05) is 10.7 Å². The van der Waals surface area contributed by atoms with E-state index in [-0.39, 0.29) is 18.2 Å². The lowest BCUT2D eigenvalue weighted by molar-refractivity contribution is -0.143. The highest BCUT2D eigenvalue weighted by Crippen LogP contribution is 2.42. The van der Waals surface area contributed by atoms with Crippen LogP contribution in [0.5, 0.6) is 0 Å². The summed E-state index contributed by atoms with van der Waals surface area (Å²) in [5.74, 6) is 0.359. The van der Waals surface area contributed by atoms with Crippen LogP contribution in [0.2, 0.25) is 0 Å². The zero-order chi connectivity index (χ0) is 26.5. The molecule has 2 unspecified atom stereocenters. The Bertz CT molecular complexity index is 1110. The van der Waals surface area contributed by atoms with Crippen LogP contribution in [-0.4, -0.2) is 51.3 Å². The molecule has 1 amide bonds. The number of ether oxygens (including phenoxy) is 1. The van der Waals surface area contributed by atoms with Crippen molar-refractivity contribution in [2.45, 2.75) is 82.2 Å². The summed E-state index contributed by atoms with van der Waals surface area (Å²) in [6, 6.07) is 4.33. The number of fused-ring (bicyclic) bond motifs is 3. The average molecular weight is 531 g/mol. The summed E-state index contributed by atoms with van der Waals surface area (Å²) >= 11 is 0. The zero-order valence-corrected chi connectivity index (χ0v) is 20.3. The van der Waals surface area contributed by atoms with Crippen molar-refractivity contribution >= 4 is 6.09 Å². The van der Waals surface area contributed by atoms with Gasteiger partial charge >= 0.3 is 18.4 Å². The molecule has 2 bridgehead atoms. The monoisotopic (exact) mass is 530 g/mol. The standard InChI is InChI=1S/C25H28F6N4O2/c1-33-19-3-4-20(33)10-16(9-19)22-12-21-13-34(5-2-6-35(21)32-22)23(36)37-14-15-7-17(24(26,27)28)11-18(8-15)25(29,30)31/h7-8,11-12,16,19-20H,2-6,9-10,13-14H2,1H3. The van der Waals surface area contributed by atoms with Gasteiger partial charge in [0.05, 0.1) is 29.1 Å². The van der Waals surface area contributed by atoms with E-state index in [0.717, 1.165) is 24.2 Å². The van der Waals surface area contributed by atoms with Gasteiger partial charge in [-0.25, -0.2) is 4.79 Å². The molecule has 3 aliphatic heterocycles. The number of alkyl halides is 6. The number of amides is 1. The van der Waals surface area contributed by atoms with Gasteiger partial charge in [-0.1, -0.05) is 0 Å². The molecule has 2 atom stereocenters. The smallest absolute Gasteiger partial charge is 0.416 e. The van der Waals surface area contributed by atoms with E-state index in [1.165, 1.54) is 17.7 Å². The molecule has 37 heavy (non-hydrogen) atoms. The Morgan fingerprint density at radius 2 is 1.59 bits per heavy atom. The Hall–Kier alpha value is -2.76. The van der Waals surface area contributed by atoms with Crippen LogP contribution in [0.15, 0.2) is 24.3 Å². The third-order valence-electron chi connectivity index (χ3n) is 7.82. The van der Waals surface area contributed by atoms with E-state index in [0.29, 0.717) is 49.6 Å². The number of aromatic nitrogens is 2. The molecule has 1 aromatic carbocycles. The van der Waals surface area contributed by atoms with Crippen LogP contribution in [0.25, 0.3) is 0 Å². The fourth-order valence-corrected chi connectivity index (χ4v) is 5.83. The Morgan fingerprint density at radius 3 is 2.19 bits per heavy atom. The van der Waals surface area contributed by atoms with Crippen molar-refractivity contribution in [2.75, 3.05) is 13.6 Å². The predicted molar refractivity (Wildman–Crippen MR) is 120 cm³/mol. The number of carbonyl (C=O) groups excluding carboxylic acids is 1. The first-order chi connectivity index (χ1) is 17.4. The highest BCUT2D eigenvalue weighted by molar-refractivity contribution is 5.67. The first-order valence-electron chi connectivity index (χ1n) is 12.4. The molecular formula is C25H28F6N4O2. The van der Waals surface area contributed by atoms with Gasteiger partial charge in [-0.3, -0.25) is 4.68 Å². The third-order valence-corrected chi connectivity index (χ3v) is 7.82. The molecule has 2 aromatic rings. The molecule has 2 saturated heterocycles. The summed E-state index contributed by atoms with van der Waals surface area (Å²) in [6.07, 6.45) is -5.63. The van der Waals surface area contributed by atoms with E-state index in [4.69, 9.17) is 9.84 Å². The SMILES string of the molecule is CN1C2CCC1CC(c1cc3n(n1)CCCN(C(=O)OCc1cc(C(F)(F)F)cc(C(F)(F)F)c1)C3)C2. The van der Waals surface area contributed by atoms with Gasteiger partial charge < -0.3 is 14.5 Å². The first-order valence-corrected chi connectivity index (χ1v) is 12.4. The van der Waals surface area contributed by atoms with E-state index >= 15 is 0 Å². The Labute approximate surface area is 210 Å². The van der Waals surface area contributed by atoms with Crippen LogP contribution in [-0.2, 0) is 36.8 Å². The lowest BCUT2D eigenvalue weighted by Crippen LogP contribution is -2.39. The van der Waals surface area contributed by atoms with Gasteiger partial charge in [0, 0.05) is 31.1 Å². The van der Waals surface area contributed by atoms with Crippen molar-refractivity contribution in [3.8, 4) is 0 Å². The molecule has 202 valence electrons. The molecule has 0 aliphatic carbocycles. The number of hydrogen-bond acceptors (Lipinski definition) is 4. The predicted octanol–water partition coefficient (Wildman–Crippen LogP) is 5.80. The third kappa shape index (κ3) is 5.44. The topological polar surface area (TPSA) is 50.6 Å². The molecule has 5 rings (SSSR count). The van der Waals surface area contributed by atoms with E-state index in [9.17, 15) is 31.1 Å². The number of nitrogens with zero attached hydrogens (tertiary/aromatic N) is 4. The van der Waals surface area contributed by atoms with Gasteiger partial charge in [-0.05, 0) is 69.0 Å². The molecule has 3 aliphatic rings. The maximum atomic E-state index is 13.1. The van der Waals surface area contributed by atoms with Gasteiger partial charge in [-0.2, -0.15) is 31.4 Å². The number of rotatable bonds is 3. The van der Waals surface area contributed by atoms with Crippen LogP contribution < -0.4 is 0 Å². The Kier molecular flexibility index (Phi) is 6.66. The minimum Gasteiger partial charge on any atom is -0.445 e. The van der Waals surface area contributed by atoms with Crippen LogP contribution in [0.4, 0.5) is 31.1 Å². The van der Waals surface area contributed by atoms with Crippen molar-refractivity contribution in [3.63, 3.8) is 0 Å². The van der Waals surface area contributed by atoms with Gasteiger partial charge in [0.25, 0.3) is 0 Å². The summed E-state index contributed by atoms with van der Waals surface area (Å²) < 4.78 is 85.8. The molecule has 2 fully saturated rings. The molecule has 0 spiro atoms. The molecule has 6 nitrogen and oxygen atoms in total. The highest BCUT2D eigenvalue weighted by atomic mass is 19.4. The second-order valence-electron chi connectivity index (χ2n) is 10.2. The van der Waals surface area contributed by atoms with E-state index in [2.05, 4.69) is 11.9 Å². The largest absolute Gasteiger partial charge is 0.445 e.